The standard InChI is InChI=1S/C17H21NO4S/c1-5-14-8-11-16(22-14)17(19)18(3)12(2)13-6-9-15(10-7-13)23(4,20)21/h6-12H,5H2,1-4H3/t12-/m1/s1. The molecule has 1 aromatic heterocycles. The van der Waals surface area contributed by atoms with E-state index in [0.29, 0.717) is 5.76 Å². The lowest BCUT2D eigenvalue weighted by Crippen LogP contribution is -2.29. The summed E-state index contributed by atoms with van der Waals surface area (Å²) in [5, 5.41) is 0. The predicted octanol–water partition coefficient (Wildman–Crippen LogP) is 3.08. The summed E-state index contributed by atoms with van der Waals surface area (Å²) in [7, 11) is -1.52. The predicted molar refractivity (Wildman–Crippen MR) is 88.1 cm³/mol. The third-order valence-corrected chi connectivity index (χ3v) is 5.04. The molecule has 2 aromatic rings. The number of amides is 1. The fourth-order valence-electron chi connectivity index (χ4n) is 2.25. The van der Waals surface area contributed by atoms with E-state index in [2.05, 4.69) is 0 Å². The summed E-state index contributed by atoms with van der Waals surface area (Å²) in [6, 6.07) is 9.84. The zero-order valence-electron chi connectivity index (χ0n) is 13.7. The van der Waals surface area contributed by atoms with E-state index in [1.54, 1.807) is 48.3 Å². The topological polar surface area (TPSA) is 67.6 Å². The third kappa shape index (κ3) is 3.82. The monoisotopic (exact) mass is 335 g/mol. The highest BCUT2D eigenvalue weighted by Crippen LogP contribution is 2.23. The van der Waals surface area contributed by atoms with Crippen molar-refractivity contribution < 1.29 is 17.6 Å². The van der Waals surface area contributed by atoms with Crippen LogP contribution in [0.3, 0.4) is 0 Å². The van der Waals surface area contributed by atoms with Crippen molar-refractivity contribution in [1.82, 2.24) is 4.90 Å². The number of carbonyl (C=O) groups is 1. The number of aryl methyl sites for hydroxylation is 1. The van der Waals surface area contributed by atoms with Crippen LogP contribution in [0.15, 0.2) is 45.7 Å². The second kappa shape index (κ2) is 6.58. The molecular weight excluding hydrogens is 314 g/mol. The molecule has 0 unspecified atom stereocenters. The number of hydrogen-bond acceptors (Lipinski definition) is 4. The van der Waals surface area contributed by atoms with Crippen molar-refractivity contribution in [3.63, 3.8) is 0 Å². The van der Waals surface area contributed by atoms with E-state index in [4.69, 9.17) is 4.42 Å². The second-order valence-corrected chi connectivity index (χ2v) is 7.57. The van der Waals surface area contributed by atoms with Crippen LogP contribution in [0.25, 0.3) is 0 Å². The van der Waals surface area contributed by atoms with Crippen molar-refractivity contribution >= 4 is 15.7 Å². The number of rotatable bonds is 5. The van der Waals surface area contributed by atoms with Gasteiger partial charge in [-0.15, -0.1) is 0 Å². The Kier molecular flexibility index (Phi) is 4.94. The molecule has 1 aromatic carbocycles. The molecule has 0 spiro atoms. The molecule has 0 fully saturated rings. The van der Waals surface area contributed by atoms with Crippen molar-refractivity contribution in [2.75, 3.05) is 13.3 Å². The zero-order chi connectivity index (χ0) is 17.2. The van der Waals surface area contributed by atoms with E-state index in [9.17, 15) is 13.2 Å². The van der Waals surface area contributed by atoms with E-state index >= 15 is 0 Å². The quantitative estimate of drug-likeness (QED) is 0.842. The minimum absolute atomic E-state index is 0.203. The lowest BCUT2D eigenvalue weighted by Gasteiger charge is -2.24. The maximum atomic E-state index is 12.5. The van der Waals surface area contributed by atoms with Gasteiger partial charge < -0.3 is 9.32 Å². The van der Waals surface area contributed by atoms with Gasteiger partial charge in [0.05, 0.1) is 10.9 Å². The summed E-state index contributed by atoms with van der Waals surface area (Å²) in [5.74, 6) is 0.875. The second-order valence-electron chi connectivity index (χ2n) is 5.55. The Morgan fingerprint density at radius 3 is 2.26 bits per heavy atom. The van der Waals surface area contributed by atoms with Gasteiger partial charge in [-0.2, -0.15) is 0 Å². The molecule has 5 nitrogen and oxygen atoms in total. The lowest BCUT2D eigenvalue weighted by atomic mass is 10.1. The van der Waals surface area contributed by atoms with Crippen LogP contribution in [0.2, 0.25) is 0 Å². The summed E-state index contributed by atoms with van der Waals surface area (Å²) in [4.78, 5) is 14.3. The SMILES string of the molecule is CCc1ccc(C(=O)N(C)[C@H](C)c2ccc(S(C)(=O)=O)cc2)o1. The zero-order valence-corrected chi connectivity index (χ0v) is 14.6. The highest BCUT2D eigenvalue weighted by Gasteiger charge is 2.22. The average Bonchev–Trinajstić information content (AvgIpc) is 3.01. The molecule has 0 aliphatic carbocycles. The van der Waals surface area contributed by atoms with E-state index in [0.717, 1.165) is 17.7 Å². The molecule has 6 heteroatoms. The van der Waals surface area contributed by atoms with Crippen molar-refractivity contribution in [3.05, 3.63) is 53.5 Å². The van der Waals surface area contributed by atoms with Gasteiger partial charge in [0.25, 0.3) is 5.91 Å². The first-order valence-electron chi connectivity index (χ1n) is 7.40. The molecular formula is C17H21NO4S. The van der Waals surface area contributed by atoms with Crippen LogP contribution >= 0.6 is 0 Å². The summed E-state index contributed by atoms with van der Waals surface area (Å²) < 4.78 is 28.5. The average molecular weight is 335 g/mol. The molecule has 2 rings (SSSR count). The summed E-state index contributed by atoms with van der Waals surface area (Å²) in [6.45, 7) is 3.85. The maximum absolute atomic E-state index is 12.5. The first kappa shape index (κ1) is 17.3. The van der Waals surface area contributed by atoms with Crippen LogP contribution in [-0.2, 0) is 16.3 Å². The number of sulfone groups is 1. The third-order valence-electron chi connectivity index (χ3n) is 3.91. The first-order chi connectivity index (χ1) is 10.7. The van der Waals surface area contributed by atoms with Crippen LogP contribution in [0.5, 0.6) is 0 Å². The van der Waals surface area contributed by atoms with Crippen molar-refractivity contribution in [2.45, 2.75) is 31.2 Å². The fraction of sp³-hybridized carbons (Fsp3) is 0.353. The Labute approximate surface area is 136 Å². The highest BCUT2D eigenvalue weighted by atomic mass is 32.2. The largest absolute Gasteiger partial charge is 0.456 e. The number of furan rings is 1. The summed E-state index contributed by atoms with van der Waals surface area (Å²) in [5.41, 5.74) is 0.857. The van der Waals surface area contributed by atoms with Crippen LogP contribution < -0.4 is 0 Å². The van der Waals surface area contributed by atoms with Gasteiger partial charge in [-0.1, -0.05) is 19.1 Å². The van der Waals surface area contributed by atoms with Gasteiger partial charge in [0, 0.05) is 19.7 Å². The van der Waals surface area contributed by atoms with Gasteiger partial charge in [-0.25, -0.2) is 8.42 Å². The molecule has 1 atom stereocenters. The lowest BCUT2D eigenvalue weighted by molar-refractivity contribution is 0.0708. The molecule has 0 saturated carbocycles. The Morgan fingerprint density at radius 2 is 1.78 bits per heavy atom. The molecule has 0 saturated heterocycles. The number of carbonyl (C=O) groups excluding carboxylic acids is 1. The van der Waals surface area contributed by atoms with Gasteiger partial charge >= 0.3 is 0 Å². The van der Waals surface area contributed by atoms with Gasteiger partial charge in [0.15, 0.2) is 15.6 Å². The molecule has 23 heavy (non-hydrogen) atoms. The molecule has 1 heterocycles. The molecule has 0 bridgehead atoms. The maximum Gasteiger partial charge on any atom is 0.289 e. The van der Waals surface area contributed by atoms with E-state index in [1.165, 1.54) is 6.26 Å². The minimum Gasteiger partial charge on any atom is -0.456 e. The minimum atomic E-state index is -3.22. The number of benzene rings is 1. The van der Waals surface area contributed by atoms with Crippen LogP contribution in [0.4, 0.5) is 0 Å². The highest BCUT2D eigenvalue weighted by molar-refractivity contribution is 7.90. The van der Waals surface area contributed by atoms with E-state index in [1.807, 2.05) is 13.8 Å². The first-order valence-corrected chi connectivity index (χ1v) is 9.29. The van der Waals surface area contributed by atoms with Crippen molar-refractivity contribution in [2.24, 2.45) is 0 Å². The van der Waals surface area contributed by atoms with Gasteiger partial charge in [-0.05, 0) is 36.8 Å². The molecule has 0 aliphatic heterocycles. The van der Waals surface area contributed by atoms with Gasteiger partial charge in [-0.3, -0.25) is 4.79 Å². The normalized spacial score (nSPS) is 12.9. The smallest absolute Gasteiger partial charge is 0.289 e. The van der Waals surface area contributed by atoms with Crippen LogP contribution in [0.1, 0.15) is 41.8 Å². The molecule has 0 N–H and O–H groups in total. The molecule has 0 aliphatic rings. The Balaban J connectivity index is 2.18. The van der Waals surface area contributed by atoms with E-state index < -0.39 is 9.84 Å². The van der Waals surface area contributed by atoms with Crippen LogP contribution in [0, 0.1) is 0 Å². The fourth-order valence-corrected chi connectivity index (χ4v) is 2.88. The van der Waals surface area contributed by atoms with Gasteiger partial charge in [0.1, 0.15) is 5.76 Å². The van der Waals surface area contributed by atoms with Gasteiger partial charge in [0.2, 0.25) is 0 Å². The number of nitrogens with zero attached hydrogens (tertiary/aromatic N) is 1. The Hall–Kier alpha value is -2.08. The molecule has 1 amide bonds. The summed E-state index contributed by atoms with van der Waals surface area (Å²) >= 11 is 0. The van der Waals surface area contributed by atoms with Crippen LogP contribution in [-0.4, -0.2) is 32.5 Å². The summed E-state index contributed by atoms with van der Waals surface area (Å²) in [6.07, 6.45) is 1.91. The van der Waals surface area contributed by atoms with Crippen molar-refractivity contribution in [3.8, 4) is 0 Å². The molecule has 124 valence electrons. The Bertz CT molecular complexity index is 790. The molecule has 0 radical (unpaired) electrons. The Morgan fingerprint density at radius 1 is 1.17 bits per heavy atom. The van der Waals surface area contributed by atoms with E-state index in [-0.39, 0.29) is 16.8 Å². The van der Waals surface area contributed by atoms with Crippen molar-refractivity contribution in [1.29, 1.82) is 0 Å². The number of hydrogen-bond donors (Lipinski definition) is 0.